The van der Waals surface area contributed by atoms with E-state index in [1.54, 1.807) is 23.5 Å². The molecule has 0 unspecified atom stereocenters. The van der Waals surface area contributed by atoms with Gasteiger partial charge in [0.05, 0.1) is 5.56 Å². The van der Waals surface area contributed by atoms with E-state index in [0.29, 0.717) is 12.0 Å². The molecule has 3 aromatic rings. The van der Waals surface area contributed by atoms with Crippen molar-refractivity contribution in [2.24, 2.45) is 0 Å². The monoisotopic (exact) mass is 364 g/mol. The summed E-state index contributed by atoms with van der Waals surface area (Å²) in [5.41, 5.74) is 2.90. The molecule has 2 N–H and O–H groups in total. The number of aromatic hydroxyl groups is 2. The molecule has 132 valence electrons. The van der Waals surface area contributed by atoms with Gasteiger partial charge in [-0.15, -0.1) is 11.3 Å². The zero-order valence-electron chi connectivity index (χ0n) is 14.7. The molecule has 0 saturated heterocycles. The minimum absolute atomic E-state index is 0.00985. The van der Waals surface area contributed by atoms with Gasteiger partial charge in [-0.3, -0.25) is 4.79 Å². The van der Waals surface area contributed by atoms with Crippen LogP contribution in [-0.4, -0.2) is 16.0 Å². The molecule has 0 aliphatic carbocycles. The van der Waals surface area contributed by atoms with E-state index in [9.17, 15) is 15.0 Å². The number of carbonyl (C=O) groups is 1. The summed E-state index contributed by atoms with van der Waals surface area (Å²) >= 11 is 1.63. The van der Waals surface area contributed by atoms with E-state index in [4.69, 9.17) is 0 Å². The smallest absolute Gasteiger partial charge is 0.189 e. The maximum absolute atomic E-state index is 12.6. The minimum atomic E-state index is -0.295. The first-order chi connectivity index (χ1) is 12.5. The number of phenols is 2. The van der Waals surface area contributed by atoms with Gasteiger partial charge in [0.1, 0.15) is 11.5 Å². The third-order valence-electron chi connectivity index (χ3n) is 4.12. The van der Waals surface area contributed by atoms with E-state index in [2.05, 4.69) is 0 Å². The number of fused-ring (bicyclic) bond motifs is 1. The van der Waals surface area contributed by atoms with Crippen LogP contribution in [0.1, 0.15) is 35.3 Å². The van der Waals surface area contributed by atoms with Crippen LogP contribution in [0, 0.1) is 0 Å². The Kier molecular flexibility index (Phi) is 5.24. The Morgan fingerprint density at radius 1 is 1.12 bits per heavy atom. The lowest BCUT2D eigenvalue weighted by Crippen LogP contribution is -1.97. The fraction of sp³-hybridized carbons (Fsp3) is 0.136. The Balaban J connectivity index is 1.89. The van der Waals surface area contributed by atoms with Crippen molar-refractivity contribution in [3.63, 3.8) is 0 Å². The van der Waals surface area contributed by atoms with Gasteiger partial charge in [-0.2, -0.15) is 0 Å². The third-order valence-corrected chi connectivity index (χ3v) is 5.10. The average Bonchev–Trinajstić information content (AvgIpc) is 3.02. The lowest BCUT2D eigenvalue weighted by Gasteiger charge is -2.07. The Morgan fingerprint density at radius 3 is 2.65 bits per heavy atom. The van der Waals surface area contributed by atoms with Crippen molar-refractivity contribution >= 4 is 33.3 Å². The van der Waals surface area contributed by atoms with Gasteiger partial charge >= 0.3 is 0 Å². The number of hydrogen-bond acceptors (Lipinski definition) is 4. The van der Waals surface area contributed by atoms with Crippen LogP contribution < -0.4 is 0 Å². The molecule has 0 amide bonds. The van der Waals surface area contributed by atoms with Gasteiger partial charge in [0, 0.05) is 10.8 Å². The summed E-state index contributed by atoms with van der Waals surface area (Å²) in [7, 11) is 0. The Hall–Kier alpha value is -2.85. The van der Waals surface area contributed by atoms with Crippen molar-refractivity contribution in [3.8, 4) is 11.5 Å². The molecule has 4 heteroatoms. The van der Waals surface area contributed by atoms with E-state index >= 15 is 0 Å². The van der Waals surface area contributed by atoms with Crippen LogP contribution in [-0.2, 0) is 6.42 Å². The first-order valence-electron chi connectivity index (χ1n) is 8.32. The highest BCUT2D eigenvalue weighted by molar-refractivity contribution is 7.17. The van der Waals surface area contributed by atoms with Crippen LogP contribution in [0.2, 0.25) is 0 Å². The van der Waals surface area contributed by atoms with E-state index in [1.807, 2.05) is 49.6 Å². The highest BCUT2D eigenvalue weighted by Gasteiger charge is 2.13. The van der Waals surface area contributed by atoms with Gasteiger partial charge in [0.2, 0.25) is 0 Å². The highest BCUT2D eigenvalue weighted by Crippen LogP contribution is 2.30. The molecule has 0 bridgehead atoms. The molecular formula is C22H20O3S. The van der Waals surface area contributed by atoms with Crippen LogP contribution in [0.15, 0.2) is 59.5 Å². The number of hydrogen-bond donors (Lipinski definition) is 2. The second-order valence-corrected chi connectivity index (χ2v) is 7.28. The normalized spacial score (nSPS) is 11.2. The first kappa shape index (κ1) is 18.0. The molecule has 1 aromatic heterocycles. The number of rotatable bonds is 5. The van der Waals surface area contributed by atoms with E-state index < -0.39 is 0 Å². The summed E-state index contributed by atoms with van der Waals surface area (Å²) in [6, 6.07) is 10.8. The summed E-state index contributed by atoms with van der Waals surface area (Å²) in [5, 5.41) is 23.2. The number of phenolic OH excluding ortho intramolecular Hbond substituents is 2. The lowest BCUT2D eigenvalue weighted by atomic mass is 10.0. The van der Waals surface area contributed by atoms with Crippen molar-refractivity contribution in [1.82, 2.24) is 0 Å². The van der Waals surface area contributed by atoms with Gasteiger partial charge in [0.15, 0.2) is 5.78 Å². The fourth-order valence-corrected chi connectivity index (χ4v) is 3.61. The summed E-state index contributed by atoms with van der Waals surface area (Å²) in [6.45, 7) is 3.94. The lowest BCUT2D eigenvalue weighted by molar-refractivity contribution is 0.104. The zero-order valence-corrected chi connectivity index (χ0v) is 15.5. The average molecular weight is 364 g/mol. The molecule has 26 heavy (non-hydrogen) atoms. The van der Waals surface area contributed by atoms with Crippen molar-refractivity contribution in [2.75, 3.05) is 0 Å². The Labute approximate surface area is 156 Å². The van der Waals surface area contributed by atoms with E-state index in [-0.39, 0.29) is 22.8 Å². The summed E-state index contributed by atoms with van der Waals surface area (Å²) in [4.78, 5) is 12.6. The molecule has 0 aliphatic rings. The minimum Gasteiger partial charge on any atom is -0.508 e. The fourth-order valence-electron chi connectivity index (χ4n) is 2.68. The van der Waals surface area contributed by atoms with Crippen molar-refractivity contribution < 1.29 is 15.0 Å². The van der Waals surface area contributed by atoms with Gasteiger partial charge in [-0.05, 0) is 66.4 Å². The maximum Gasteiger partial charge on any atom is 0.189 e. The molecular weight excluding hydrogens is 344 g/mol. The van der Waals surface area contributed by atoms with E-state index in [0.717, 1.165) is 21.2 Å². The quantitative estimate of drug-likeness (QED) is 0.346. The molecule has 0 radical (unpaired) electrons. The molecule has 3 nitrogen and oxygen atoms in total. The Bertz CT molecular complexity index is 1020. The number of ketones is 1. The number of carbonyl (C=O) groups excluding carboxylic acids is 1. The molecule has 1 heterocycles. The van der Waals surface area contributed by atoms with E-state index in [1.165, 1.54) is 12.1 Å². The van der Waals surface area contributed by atoms with Crippen molar-refractivity contribution in [2.45, 2.75) is 20.3 Å². The Morgan fingerprint density at radius 2 is 1.88 bits per heavy atom. The molecule has 2 aromatic carbocycles. The van der Waals surface area contributed by atoms with Crippen molar-refractivity contribution in [3.05, 3.63) is 76.2 Å². The summed E-state index contributed by atoms with van der Waals surface area (Å²) in [6.07, 6.45) is 5.70. The van der Waals surface area contributed by atoms with Crippen LogP contribution in [0.3, 0.4) is 0 Å². The topological polar surface area (TPSA) is 57.5 Å². The SMILES string of the molecule is CC(C)=CCc1cc(C(=O)/C=C/c2csc3ccccc23)c(O)cc1O. The van der Waals surface area contributed by atoms with Crippen LogP contribution in [0.4, 0.5) is 0 Å². The van der Waals surface area contributed by atoms with Crippen LogP contribution in [0.5, 0.6) is 11.5 Å². The number of thiophene rings is 1. The van der Waals surface area contributed by atoms with Gasteiger partial charge < -0.3 is 10.2 Å². The second-order valence-electron chi connectivity index (χ2n) is 6.37. The summed E-state index contributed by atoms with van der Waals surface area (Å²) in [5.74, 6) is -0.520. The molecule has 0 atom stereocenters. The number of allylic oxidation sites excluding steroid dienone is 3. The van der Waals surface area contributed by atoms with Crippen LogP contribution >= 0.6 is 11.3 Å². The maximum atomic E-state index is 12.6. The highest BCUT2D eigenvalue weighted by atomic mass is 32.1. The molecule has 3 rings (SSSR count). The largest absolute Gasteiger partial charge is 0.508 e. The molecule has 0 spiro atoms. The van der Waals surface area contributed by atoms with Gasteiger partial charge in [-0.25, -0.2) is 0 Å². The second kappa shape index (κ2) is 7.58. The summed E-state index contributed by atoms with van der Waals surface area (Å²) < 4.78 is 1.16. The van der Waals surface area contributed by atoms with Gasteiger partial charge in [-0.1, -0.05) is 29.8 Å². The van der Waals surface area contributed by atoms with Crippen LogP contribution in [0.25, 0.3) is 16.2 Å². The zero-order chi connectivity index (χ0) is 18.7. The predicted octanol–water partition coefficient (Wildman–Crippen LogP) is 5.72. The van der Waals surface area contributed by atoms with Crippen molar-refractivity contribution in [1.29, 1.82) is 0 Å². The molecule has 0 saturated carbocycles. The standard InChI is InChI=1S/C22H20O3S/c1-14(2)7-8-15-11-18(21(25)12-20(15)24)19(23)10-9-16-13-26-22-6-4-3-5-17(16)22/h3-7,9-13,24-25H,8H2,1-2H3/b10-9+. The first-order valence-corrected chi connectivity index (χ1v) is 9.20. The number of benzene rings is 2. The molecule has 0 fully saturated rings. The van der Waals surface area contributed by atoms with Gasteiger partial charge in [0.25, 0.3) is 0 Å². The molecule has 0 aliphatic heterocycles. The predicted molar refractivity (Wildman–Crippen MR) is 108 cm³/mol. The third kappa shape index (κ3) is 3.86.